The lowest BCUT2D eigenvalue weighted by Gasteiger charge is -2.17. The van der Waals surface area contributed by atoms with E-state index in [4.69, 9.17) is 19.9 Å². The molecule has 0 atom stereocenters. The minimum Gasteiger partial charge on any atom is -0.492 e. The normalized spacial score (nSPS) is 12.8. The predicted molar refractivity (Wildman–Crippen MR) is 112 cm³/mol. The first-order valence-electron chi connectivity index (χ1n) is 9.25. The van der Waals surface area contributed by atoms with Crippen molar-refractivity contribution in [2.24, 2.45) is 0 Å². The molecule has 6 heteroatoms. The molecule has 0 radical (unpaired) electrons. The molecule has 0 amide bonds. The van der Waals surface area contributed by atoms with Crippen molar-refractivity contribution in [2.75, 3.05) is 38.6 Å². The molecule has 28 heavy (non-hydrogen) atoms. The van der Waals surface area contributed by atoms with Crippen molar-refractivity contribution in [3.8, 4) is 17.2 Å². The number of benzene rings is 2. The van der Waals surface area contributed by atoms with Crippen molar-refractivity contribution >= 4 is 23.2 Å². The van der Waals surface area contributed by atoms with Gasteiger partial charge < -0.3 is 24.8 Å². The Labute approximate surface area is 165 Å². The van der Waals surface area contributed by atoms with Crippen LogP contribution >= 0.6 is 0 Å². The molecule has 0 aromatic heterocycles. The second kappa shape index (κ2) is 8.25. The molecule has 1 aliphatic heterocycles. The van der Waals surface area contributed by atoms with Crippen molar-refractivity contribution in [1.29, 1.82) is 0 Å². The van der Waals surface area contributed by atoms with Gasteiger partial charge in [0.2, 0.25) is 12.5 Å². The fourth-order valence-corrected chi connectivity index (χ4v) is 3.25. The third-order valence-corrected chi connectivity index (χ3v) is 4.64. The summed E-state index contributed by atoms with van der Waals surface area (Å²) in [5.41, 5.74) is 9.59. The number of fused-ring (bicyclic) bond motifs is 1. The summed E-state index contributed by atoms with van der Waals surface area (Å²) in [6.07, 6.45) is 3.37. The van der Waals surface area contributed by atoms with Gasteiger partial charge in [-0.1, -0.05) is 13.3 Å². The van der Waals surface area contributed by atoms with Gasteiger partial charge in [0.25, 0.3) is 0 Å². The maximum absolute atomic E-state index is 13.2. The van der Waals surface area contributed by atoms with Gasteiger partial charge in [-0.2, -0.15) is 0 Å². The molecule has 6 nitrogen and oxygen atoms in total. The van der Waals surface area contributed by atoms with E-state index >= 15 is 0 Å². The zero-order valence-corrected chi connectivity index (χ0v) is 16.7. The summed E-state index contributed by atoms with van der Waals surface area (Å²) in [5, 5.41) is 0. The molecule has 148 valence electrons. The highest BCUT2D eigenvalue weighted by Gasteiger charge is 2.22. The van der Waals surface area contributed by atoms with Crippen LogP contribution in [0.25, 0.3) is 6.08 Å². The molecule has 1 aliphatic rings. The molecular weight excluding hydrogens is 356 g/mol. The molecule has 2 aromatic carbocycles. The summed E-state index contributed by atoms with van der Waals surface area (Å²) in [4.78, 5) is 15.1. The van der Waals surface area contributed by atoms with Gasteiger partial charge in [0, 0.05) is 30.8 Å². The molecular formula is C22H26N2O4. The average molecular weight is 382 g/mol. The van der Waals surface area contributed by atoms with Gasteiger partial charge in [0.1, 0.15) is 0 Å². The van der Waals surface area contributed by atoms with Crippen molar-refractivity contribution in [2.45, 2.75) is 19.8 Å². The molecule has 0 spiro atoms. The lowest BCUT2D eigenvalue weighted by molar-refractivity contribution is 0.103. The third kappa shape index (κ3) is 3.76. The second-order valence-corrected chi connectivity index (χ2v) is 6.84. The molecule has 0 bridgehead atoms. The van der Waals surface area contributed by atoms with Crippen LogP contribution < -0.4 is 24.8 Å². The maximum Gasteiger partial charge on any atom is 0.231 e. The van der Waals surface area contributed by atoms with Gasteiger partial charge in [-0.25, -0.2) is 0 Å². The number of rotatable bonds is 7. The van der Waals surface area contributed by atoms with E-state index in [0.29, 0.717) is 40.5 Å². The number of nitrogens with zero attached hydrogens (tertiary/aromatic N) is 1. The molecule has 0 saturated heterocycles. The van der Waals surface area contributed by atoms with Crippen molar-refractivity contribution in [3.63, 3.8) is 0 Å². The highest BCUT2D eigenvalue weighted by Crippen LogP contribution is 2.44. The molecule has 0 aliphatic carbocycles. The number of anilines is 2. The standard InChI is InChI=1S/C22H26N2O4/c1-5-6-14(20(25)15-7-9-17(23)18(12-15)24(2)3)11-16-8-10-19-22(21(16)26-4)28-13-27-19/h7-12H,5-6,13,23H2,1-4H3. The summed E-state index contributed by atoms with van der Waals surface area (Å²) in [7, 11) is 5.39. The molecule has 2 aromatic rings. The summed E-state index contributed by atoms with van der Waals surface area (Å²) < 4.78 is 16.5. The topological polar surface area (TPSA) is 74.0 Å². The molecule has 0 fully saturated rings. The highest BCUT2D eigenvalue weighted by atomic mass is 16.7. The van der Waals surface area contributed by atoms with Crippen LogP contribution in [-0.2, 0) is 0 Å². The van der Waals surface area contributed by atoms with Crippen LogP contribution in [0.3, 0.4) is 0 Å². The second-order valence-electron chi connectivity index (χ2n) is 6.84. The quantitative estimate of drug-likeness (QED) is 0.441. The van der Waals surface area contributed by atoms with Crippen LogP contribution in [0.1, 0.15) is 35.7 Å². The highest BCUT2D eigenvalue weighted by molar-refractivity contribution is 6.12. The first-order chi connectivity index (χ1) is 13.5. The van der Waals surface area contributed by atoms with Crippen molar-refractivity contribution < 1.29 is 19.0 Å². The number of nitrogens with two attached hydrogens (primary N) is 1. The predicted octanol–water partition coefficient (Wildman–Crippen LogP) is 4.14. The zero-order valence-electron chi connectivity index (χ0n) is 16.7. The van der Waals surface area contributed by atoms with E-state index in [-0.39, 0.29) is 12.6 Å². The smallest absolute Gasteiger partial charge is 0.231 e. The number of carbonyl (C=O) groups is 1. The number of hydrogen-bond acceptors (Lipinski definition) is 6. The van der Waals surface area contributed by atoms with Crippen molar-refractivity contribution in [1.82, 2.24) is 0 Å². The Balaban J connectivity index is 2.03. The van der Waals surface area contributed by atoms with Crippen LogP contribution in [0.4, 0.5) is 11.4 Å². The maximum atomic E-state index is 13.2. The Morgan fingerprint density at radius 1 is 1.25 bits per heavy atom. The molecule has 3 rings (SSSR count). The van der Waals surface area contributed by atoms with Crippen LogP contribution in [0.15, 0.2) is 35.9 Å². The Kier molecular flexibility index (Phi) is 5.78. The molecule has 0 saturated carbocycles. The van der Waals surface area contributed by atoms with Gasteiger partial charge in [-0.3, -0.25) is 4.79 Å². The van der Waals surface area contributed by atoms with E-state index in [1.807, 2.05) is 50.2 Å². The Morgan fingerprint density at radius 3 is 2.71 bits per heavy atom. The van der Waals surface area contributed by atoms with E-state index in [1.54, 1.807) is 19.2 Å². The van der Waals surface area contributed by atoms with Crippen LogP contribution in [0.5, 0.6) is 17.2 Å². The molecule has 0 unspecified atom stereocenters. The first-order valence-corrected chi connectivity index (χ1v) is 9.25. The number of carbonyl (C=O) groups excluding carboxylic acids is 1. The SMILES string of the molecule is CCCC(=Cc1ccc2c(c1OC)OCO2)C(=O)c1ccc(N)c(N(C)C)c1. The zero-order chi connectivity index (χ0) is 20.3. The van der Waals surface area contributed by atoms with E-state index in [2.05, 4.69) is 0 Å². The van der Waals surface area contributed by atoms with E-state index in [1.165, 1.54) is 0 Å². The Bertz CT molecular complexity index is 919. The van der Waals surface area contributed by atoms with Gasteiger partial charge in [-0.15, -0.1) is 0 Å². The van der Waals surface area contributed by atoms with Crippen LogP contribution in [-0.4, -0.2) is 33.8 Å². The fourth-order valence-electron chi connectivity index (χ4n) is 3.25. The minimum absolute atomic E-state index is 0.0235. The van der Waals surface area contributed by atoms with Crippen molar-refractivity contribution in [3.05, 3.63) is 47.0 Å². The number of Topliss-reactive ketones (excluding diaryl/α,β-unsaturated/α-hetero) is 1. The summed E-state index contributed by atoms with van der Waals surface area (Å²) in [6.45, 7) is 2.21. The Morgan fingerprint density at radius 2 is 2.04 bits per heavy atom. The summed E-state index contributed by atoms with van der Waals surface area (Å²) >= 11 is 0. The number of nitrogen functional groups attached to an aromatic ring is 1. The summed E-state index contributed by atoms with van der Waals surface area (Å²) in [5.74, 6) is 1.76. The number of ether oxygens (including phenoxy) is 3. The van der Waals surface area contributed by atoms with Crippen LogP contribution in [0.2, 0.25) is 0 Å². The average Bonchev–Trinajstić information content (AvgIpc) is 3.16. The van der Waals surface area contributed by atoms with Gasteiger partial charge >= 0.3 is 0 Å². The minimum atomic E-state index is -0.0235. The van der Waals surface area contributed by atoms with Gasteiger partial charge in [0.05, 0.1) is 18.5 Å². The number of hydrogen-bond donors (Lipinski definition) is 1. The van der Waals surface area contributed by atoms with E-state index < -0.39 is 0 Å². The van der Waals surface area contributed by atoms with Crippen LogP contribution in [0, 0.1) is 0 Å². The van der Waals surface area contributed by atoms with E-state index in [9.17, 15) is 4.79 Å². The number of ketones is 1. The summed E-state index contributed by atoms with van der Waals surface area (Å²) in [6, 6.07) is 9.08. The monoisotopic (exact) mass is 382 g/mol. The molecule has 2 N–H and O–H groups in total. The van der Waals surface area contributed by atoms with E-state index in [0.717, 1.165) is 17.7 Å². The number of allylic oxidation sites excluding steroid dienone is 1. The lowest BCUT2D eigenvalue weighted by Crippen LogP contribution is -2.13. The van der Waals surface area contributed by atoms with Gasteiger partial charge in [0.15, 0.2) is 17.3 Å². The lowest BCUT2D eigenvalue weighted by atomic mass is 9.96. The van der Waals surface area contributed by atoms with Gasteiger partial charge in [-0.05, 0) is 42.8 Å². The molecule has 1 heterocycles. The first kappa shape index (κ1) is 19.6. The fraction of sp³-hybridized carbons (Fsp3) is 0.318. The number of methoxy groups -OCH3 is 1. The Hall–Kier alpha value is -3.15. The third-order valence-electron chi connectivity index (χ3n) is 4.64. The largest absolute Gasteiger partial charge is 0.492 e.